The van der Waals surface area contributed by atoms with Crippen molar-refractivity contribution in [3.63, 3.8) is 0 Å². The fourth-order valence-electron chi connectivity index (χ4n) is 3.16. The Morgan fingerprint density at radius 3 is 2.34 bits per heavy atom. The molecular formula is C24H22BrNO3. The summed E-state index contributed by atoms with van der Waals surface area (Å²) >= 11 is 0. The van der Waals surface area contributed by atoms with E-state index < -0.39 is 0 Å². The number of benzene rings is 2. The fourth-order valence-corrected chi connectivity index (χ4v) is 3.16. The molecule has 0 unspecified atom stereocenters. The lowest BCUT2D eigenvalue weighted by Crippen LogP contribution is -3.00. The van der Waals surface area contributed by atoms with Crippen molar-refractivity contribution in [2.24, 2.45) is 0 Å². The van der Waals surface area contributed by atoms with Gasteiger partial charge in [0, 0.05) is 40.8 Å². The number of aromatic nitrogens is 1. The van der Waals surface area contributed by atoms with E-state index in [9.17, 15) is 4.79 Å². The number of hydrogen-bond donors (Lipinski definition) is 0. The monoisotopic (exact) mass is 451 g/mol. The van der Waals surface area contributed by atoms with E-state index in [2.05, 4.69) is 60.3 Å². The van der Waals surface area contributed by atoms with Crippen LogP contribution in [0.25, 0.3) is 11.0 Å². The van der Waals surface area contributed by atoms with Crippen LogP contribution in [0.4, 0.5) is 0 Å². The first-order valence-electron chi connectivity index (χ1n) is 9.28. The molecule has 2 aromatic carbocycles. The maximum atomic E-state index is 11.6. The number of rotatable bonds is 5. The van der Waals surface area contributed by atoms with Gasteiger partial charge in [-0.25, -0.2) is 9.36 Å². The maximum Gasteiger partial charge on any atom is 0.336 e. The second-order valence-electron chi connectivity index (χ2n) is 7.06. The van der Waals surface area contributed by atoms with E-state index in [1.165, 1.54) is 17.2 Å². The zero-order valence-electron chi connectivity index (χ0n) is 16.4. The summed E-state index contributed by atoms with van der Waals surface area (Å²) in [5, 5.41) is 0.920. The summed E-state index contributed by atoms with van der Waals surface area (Å²) in [6.45, 7) is 5.28. The van der Waals surface area contributed by atoms with Crippen molar-refractivity contribution in [2.45, 2.75) is 27.0 Å². The largest absolute Gasteiger partial charge is 1.00 e. The van der Waals surface area contributed by atoms with Crippen molar-refractivity contribution in [1.82, 2.24) is 0 Å². The van der Waals surface area contributed by atoms with Gasteiger partial charge in [0.1, 0.15) is 17.9 Å². The van der Waals surface area contributed by atoms with Gasteiger partial charge in [0.2, 0.25) is 0 Å². The molecule has 4 nitrogen and oxygen atoms in total. The van der Waals surface area contributed by atoms with E-state index >= 15 is 0 Å². The van der Waals surface area contributed by atoms with Crippen LogP contribution in [0, 0.1) is 13.8 Å². The van der Waals surface area contributed by atoms with Crippen LogP contribution in [0.1, 0.15) is 22.3 Å². The Kier molecular flexibility index (Phi) is 6.49. The molecule has 0 aliphatic rings. The molecule has 29 heavy (non-hydrogen) atoms. The Bertz CT molecular complexity index is 1170. The molecule has 5 heteroatoms. The summed E-state index contributed by atoms with van der Waals surface area (Å²) in [4.78, 5) is 11.6. The van der Waals surface area contributed by atoms with E-state index in [0.29, 0.717) is 17.9 Å². The lowest BCUT2D eigenvalue weighted by molar-refractivity contribution is -0.688. The van der Waals surface area contributed by atoms with E-state index in [4.69, 9.17) is 9.15 Å². The Balaban J connectivity index is 0.00000240. The van der Waals surface area contributed by atoms with Crippen molar-refractivity contribution in [3.8, 4) is 5.75 Å². The number of pyridine rings is 1. The first-order valence-corrected chi connectivity index (χ1v) is 9.28. The zero-order chi connectivity index (χ0) is 19.5. The van der Waals surface area contributed by atoms with Crippen LogP contribution in [0.5, 0.6) is 5.75 Å². The normalized spacial score (nSPS) is 10.6. The number of ether oxygens (including phenoxy) is 1. The Morgan fingerprint density at radius 2 is 1.62 bits per heavy atom. The van der Waals surface area contributed by atoms with Gasteiger partial charge in [-0.15, -0.1) is 0 Å². The van der Waals surface area contributed by atoms with Crippen LogP contribution in [-0.2, 0) is 13.2 Å². The molecule has 0 saturated carbocycles. The Morgan fingerprint density at radius 1 is 0.897 bits per heavy atom. The molecule has 0 bridgehead atoms. The maximum absolute atomic E-state index is 11.6. The molecule has 4 aromatic rings. The van der Waals surface area contributed by atoms with Gasteiger partial charge in [-0.2, -0.15) is 0 Å². The first-order chi connectivity index (χ1) is 13.6. The Hall–Kier alpha value is -2.92. The first kappa shape index (κ1) is 20.8. The Labute approximate surface area is 180 Å². The van der Waals surface area contributed by atoms with Gasteiger partial charge in [0.25, 0.3) is 0 Å². The highest BCUT2D eigenvalue weighted by Crippen LogP contribution is 2.22. The molecule has 4 rings (SSSR count). The van der Waals surface area contributed by atoms with Crippen LogP contribution in [0.2, 0.25) is 0 Å². The SMILES string of the molecule is Cc1ccc(C[n+]2ccc(COc3ccc4c(C)cc(=O)oc4c3)cc2)cc1.[Br-]. The predicted octanol–water partition coefficient (Wildman–Crippen LogP) is 1.33. The van der Waals surface area contributed by atoms with E-state index in [-0.39, 0.29) is 22.6 Å². The standard InChI is InChI=1S/C24H22NO3.BrH/c1-17-3-5-19(6-4-17)15-25-11-9-20(10-12-25)16-27-21-7-8-22-18(2)13-24(26)28-23(22)14-21;/h3-14H,15-16H2,1-2H3;1H/q+1;/p-1. The lowest BCUT2D eigenvalue weighted by Gasteiger charge is -2.07. The van der Waals surface area contributed by atoms with Crippen LogP contribution in [0.3, 0.4) is 0 Å². The molecule has 0 spiro atoms. The van der Waals surface area contributed by atoms with Crippen LogP contribution >= 0.6 is 0 Å². The van der Waals surface area contributed by atoms with Gasteiger partial charge in [-0.3, -0.25) is 0 Å². The molecule has 148 valence electrons. The number of nitrogens with zero attached hydrogens (tertiary/aromatic N) is 1. The number of fused-ring (bicyclic) bond motifs is 1. The molecule has 2 heterocycles. The quantitative estimate of drug-likeness (QED) is 0.339. The lowest BCUT2D eigenvalue weighted by atomic mass is 10.1. The van der Waals surface area contributed by atoms with Crippen LogP contribution in [-0.4, -0.2) is 0 Å². The highest BCUT2D eigenvalue weighted by atomic mass is 79.9. The number of halogens is 1. The van der Waals surface area contributed by atoms with E-state index in [1.54, 1.807) is 6.07 Å². The van der Waals surface area contributed by atoms with Gasteiger partial charge in [-0.1, -0.05) is 29.8 Å². The summed E-state index contributed by atoms with van der Waals surface area (Å²) in [6.07, 6.45) is 4.11. The predicted molar refractivity (Wildman–Crippen MR) is 108 cm³/mol. The van der Waals surface area contributed by atoms with Gasteiger partial charge >= 0.3 is 5.63 Å². The summed E-state index contributed by atoms with van der Waals surface area (Å²) < 4.78 is 13.3. The van der Waals surface area contributed by atoms with Crippen molar-refractivity contribution in [1.29, 1.82) is 0 Å². The van der Waals surface area contributed by atoms with Crippen molar-refractivity contribution < 1.29 is 30.7 Å². The summed E-state index contributed by atoms with van der Waals surface area (Å²) in [5.74, 6) is 0.678. The average molecular weight is 452 g/mol. The van der Waals surface area contributed by atoms with E-state index in [0.717, 1.165) is 23.1 Å². The third kappa shape index (κ3) is 5.12. The molecule has 0 aliphatic heterocycles. The zero-order valence-corrected chi connectivity index (χ0v) is 18.0. The van der Waals surface area contributed by atoms with E-state index in [1.807, 2.05) is 19.1 Å². The van der Waals surface area contributed by atoms with Crippen molar-refractivity contribution in [2.75, 3.05) is 0 Å². The fraction of sp³-hybridized carbons (Fsp3) is 0.167. The summed E-state index contributed by atoms with van der Waals surface area (Å²) in [7, 11) is 0. The third-order valence-corrected chi connectivity index (χ3v) is 4.77. The summed E-state index contributed by atoms with van der Waals surface area (Å²) in [6, 6.07) is 19.8. The van der Waals surface area contributed by atoms with Crippen molar-refractivity contribution in [3.05, 3.63) is 106 Å². The number of aryl methyl sites for hydroxylation is 2. The molecule has 2 aromatic heterocycles. The molecule has 0 saturated heterocycles. The summed E-state index contributed by atoms with van der Waals surface area (Å²) in [5.41, 5.74) is 4.72. The molecule has 0 atom stereocenters. The highest BCUT2D eigenvalue weighted by molar-refractivity contribution is 5.81. The van der Waals surface area contributed by atoms with Gasteiger partial charge < -0.3 is 26.1 Å². The molecule has 0 amide bonds. The minimum absolute atomic E-state index is 0. The van der Waals surface area contributed by atoms with Crippen molar-refractivity contribution >= 4 is 11.0 Å². The minimum Gasteiger partial charge on any atom is -1.00 e. The highest BCUT2D eigenvalue weighted by Gasteiger charge is 2.06. The smallest absolute Gasteiger partial charge is 0.336 e. The average Bonchev–Trinajstić information content (AvgIpc) is 2.69. The second kappa shape index (κ2) is 9.05. The van der Waals surface area contributed by atoms with Gasteiger partial charge in [0.15, 0.2) is 18.9 Å². The van der Waals surface area contributed by atoms with Crippen LogP contribution < -0.4 is 31.9 Å². The third-order valence-electron chi connectivity index (χ3n) is 4.77. The minimum atomic E-state index is -0.344. The molecular weight excluding hydrogens is 430 g/mol. The molecule has 0 fully saturated rings. The number of hydrogen-bond acceptors (Lipinski definition) is 3. The van der Waals surface area contributed by atoms with Gasteiger partial charge in [-0.05, 0) is 31.5 Å². The van der Waals surface area contributed by atoms with Gasteiger partial charge in [0.05, 0.1) is 0 Å². The topological polar surface area (TPSA) is 43.3 Å². The van der Waals surface area contributed by atoms with Crippen LogP contribution in [0.15, 0.2) is 82.3 Å². The molecule has 0 aliphatic carbocycles. The molecule has 0 N–H and O–H groups in total. The molecule has 0 radical (unpaired) electrons. The second-order valence-corrected chi connectivity index (χ2v) is 7.06.